The number of carbonyl (C=O) groups is 1. The predicted molar refractivity (Wildman–Crippen MR) is 145 cm³/mol. The first-order valence-corrected chi connectivity index (χ1v) is 12.1. The number of nitrogens with one attached hydrogen (secondary N) is 1. The minimum atomic E-state index is -0.223. The number of fused-ring (bicyclic) bond motifs is 3. The van der Waals surface area contributed by atoms with Gasteiger partial charge in [0.1, 0.15) is 5.75 Å². The van der Waals surface area contributed by atoms with Crippen molar-refractivity contribution in [1.82, 2.24) is 9.99 Å². The zero-order chi connectivity index (χ0) is 25.4. The van der Waals surface area contributed by atoms with Crippen molar-refractivity contribution in [3.63, 3.8) is 0 Å². The van der Waals surface area contributed by atoms with Crippen LogP contribution >= 0.6 is 0 Å². The average molecular weight is 470 g/mol. The molecule has 0 saturated heterocycles. The summed E-state index contributed by atoms with van der Waals surface area (Å²) >= 11 is 0. The summed E-state index contributed by atoms with van der Waals surface area (Å²) in [6.45, 7) is 13.0. The third kappa shape index (κ3) is 5.09. The van der Waals surface area contributed by atoms with Crippen LogP contribution in [0.25, 0.3) is 21.8 Å². The van der Waals surface area contributed by atoms with Gasteiger partial charge < -0.3 is 9.67 Å². The minimum Gasteiger partial charge on any atom is -0.507 e. The summed E-state index contributed by atoms with van der Waals surface area (Å²) in [6.07, 6.45) is 1.97. The van der Waals surface area contributed by atoms with Crippen LogP contribution in [0.1, 0.15) is 64.7 Å². The van der Waals surface area contributed by atoms with Gasteiger partial charge in [0.25, 0.3) is 0 Å². The van der Waals surface area contributed by atoms with E-state index in [1.54, 1.807) is 6.21 Å². The lowest BCUT2D eigenvalue weighted by Crippen LogP contribution is -2.20. The number of hydrazone groups is 1. The van der Waals surface area contributed by atoms with Gasteiger partial charge in [0.15, 0.2) is 0 Å². The lowest BCUT2D eigenvalue weighted by atomic mass is 9.78. The van der Waals surface area contributed by atoms with E-state index in [1.807, 2.05) is 36.4 Å². The van der Waals surface area contributed by atoms with Crippen LogP contribution in [0.5, 0.6) is 5.75 Å². The molecule has 1 heterocycles. The van der Waals surface area contributed by atoms with Crippen molar-refractivity contribution in [1.29, 1.82) is 0 Å². The SMILES string of the molecule is CC(C)(C)c1cc(/C=N/NC(=O)CCn2c3ccccc3c3ccccc32)cc(C(C)(C)C)c1O. The van der Waals surface area contributed by atoms with E-state index in [9.17, 15) is 9.90 Å². The molecule has 5 nitrogen and oxygen atoms in total. The van der Waals surface area contributed by atoms with Crippen LogP contribution in [0.4, 0.5) is 0 Å². The Hall–Kier alpha value is -3.60. The zero-order valence-electron chi connectivity index (χ0n) is 21.5. The van der Waals surface area contributed by atoms with E-state index in [0.29, 0.717) is 18.7 Å². The summed E-state index contributed by atoms with van der Waals surface area (Å²) in [7, 11) is 0. The van der Waals surface area contributed by atoms with E-state index in [2.05, 4.69) is 80.9 Å². The van der Waals surface area contributed by atoms with Gasteiger partial charge in [-0.15, -0.1) is 0 Å². The molecule has 1 amide bonds. The molecule has 5 heteroatoms. The van der Waals surface area contributed by atoms with Crippen LogP contribution in [-0.2, 0) is 22.2 Å². The smallest absolute Gasteiger partial charge is 0.241 e. The maximum Gasteiger partial charge on any atom is 0.241 e. The van der Waals surface area contributed by atoms with Crippen LogP contribution in [-0.4, -0.2) is 21.8 Å². The zero-order valence-corrected chi connectivity index (χ0v) is 21.5. The highest BCUT2D eigenvalue weighted by molar-refractivity contribution is 6.08. The second-order valence-corrected chi connectivity index (χ2v) is 11.2. The molecule has 0 spiro atoms. The molecule has 0 aliphatic rings. The number of rotatable bonds is 5. The lowest BCUT2D eigenvalue weighted by molar-refractivity contribution is -0.121. The molecule has 0 aliphatic heterocycles. The highest BCUT2D eigenvalue weighted by atomic mass is 16.3. The fourth-order valence-corrected chi connectivity index (χ4v) is 4.57. The molecule has 0 unspecified atom stereocenters. The van der Waals surface area contributed by atoms with Gasteiger partial charge in [0.2, 0.25) is 5.91 Å². The van der Waals surface area contributed by atoms with Gasteiger partial charge in [-0.3, -0.25) is 4.79 Å². The van der Waals surface area contributed by atoms with Gasteiger partial charge in [0, 0.05) is 45.9 Å². The second-order valence-electron chi connectivity index (χ2n) is 11.2. The van der Waals surface area contributed by atoms with Crippen LogP contribution in [0.15, 0.2) is 65.8 Å². The highest BCUT2D eigenvalue weighted by Gasteiger charge is 2.26. The minimum absolute atomic E-state index is 0.144. The van der Waals surface area contributed by atoms with Gasteiger partial charge in [-0.05, 0) is 40.7 Å². The summed E-state index contributed by atoms with van der Waals surface area (Å²) in [5, 5.41) is 17.5. The number of aromatic hydroxyl groups is 1. The average Bonchev–Trinajstić information content (AvgIpc) is 3.11. The maximum absolute atomic E-state index is 12.6. The Morgan fingerprint density at radius 2 is 1.37 bits per heavy atom. The molecule has 2 N–H and O–H groups in total. The molecular weight excluding hydrogens is 434 g/mol. The Bertz CT molecular complexity index is 1330. The summed E-state index contributed by atoms with van der Waals surface area (Å²) in [5.41, 5.74) is 7.05. The lowest BCUT2D eigenvalue weighted by Gasteiger charge is -2.27. The van der Waals surface area contributed by atoms with Gasteiger partial charge in [-0.1, -0.05) is 77.9 Å². The van der Waals surface area contributed by atoms with Crippen molar-refractivity contribution in [2.24, 2.45) is 5.10 Å². The molecule has 0 fully saturated rings. The second kappa shape index (κ2) is 9.21. The third-order valence-electron chi connectivity index (χ3n) is 6.39. The van der Waals surface area contributed by atoms with Crippen LogP contribution in [0, 0.1) is 0 Å². The van der Waals surface area contributed by atoms with Crippen LogP contribution in [0.3, 0.4) is 0 Å². The number of nitrogens with zero attached hydrogens (tertiary/aromatic N) is 2. The normalized spacial score (nSPS) is 12.6. The topological polar surface area (TPSA) is 66.6 Å². The molecule has 35 heavy (non-hydrogen) atoms. The van der Waals surface area contributed by atoms with Crippen molar-refractivity contribution >= 4 is 33.9 Å². The fourth-order valence-electron chi connectivity index (χ4n) is 4.57. The Morgan fingerprint density at radius 1 is 0.886 bits per heavy atom. The number of para-hydroxylation sites is 2. The quantitative estimate of drug-likeness (QED) is 0.254. The number of phenols is 1. The molecule has 4 rings (SSSR count). The van der Waals surface area contributed by atoms with Crippen LogP contribution < -0.4 is 5.43 Å². The van der Waals surface area contributed by atoms with Crippen LogP contribution in [0.2, 0.25) is 0 Å². The first kappa shape index (κ1) is 24.5. The van der Waals surface area contributed by atoms with Gasteiger partial charge in [0.05, 0.1) is 6.21 Å². The number of hydrogen-bond donors (Lipinski definition) is 2. The highest BCUT2D eigenvalue weighted by Crippen LogP contribution is 2.39. The molecule has 0 bridgehead atoms. The number of hydrogen-bond acceptors (Lipinski definition) is 3. The Morgan fingerprint density at radius 3 is 1.86 bits per heavy atom. The number of benzene rings is 3. The molecule has 1 aromatic heterocycles. The van der Waals surface area contributed by atoms with Crippen molar-refractivity contribution in [3.05, 3.63) is 77.4 Å². The number of aryl methyl sites for hydroxylation is 1. The van der Waals surface area contributed by atoms with Crippen molar-refractivity contribution in [2.75, 3.05) is 0 Å². The molecule has 182 valence electrons. The molecule has 0 aliphatic carbocycles. The fraction of sp³-hybridized carbons (Fsp3) is 0.333. The van der Waals surface area contributed by atoms with E-state index in [-0.39, 0.29) is 16.7 Å². The van der Waals surface area contributed by atoms with Gasteiger partial charge in [-0.2, -0.15) is 5.10 Å². The summed E-state index contributed by atoms with van der Waals surface area (Å²) in [5.74, 6) is 0.186. The number of carbonyl (C=O) groups excluding carboxylic acids is 1. The van der Waals surface area contributed by atoms with Crippen molar-refractivity contribution < 1.29 is 9.90 Å². The molecule has 0 atom stereocenters. The van der Waals surface area contributed by atoms with E-state index in [4.69, 9.17) is 0 Å². The van der Waals surface area contributed by atoms with E-state index in [0.717, 1.165) is 27.7 Å². The van der Waals surface area contributed by atoms with E-state index >= 15 is 0 Å². The molecule has 0 saturated carbocycles. The third-order valence-corrected chi connectivity index (χ3v) is 6.39. The summed E-state index contributed by atoms with van der Waals surface area (Å²) < 4.78 is 2.19. The Labute approximate surface area is 207 Å². The molecule has 3 aromatic carbocycles. The first-order valence-electron chi connectivity index (χ1n) is 12.1. The van der Waals surface area contributed by atoms with Gasteiger partial charge in [-0.25, -0.2) is 5.43 Å². The largest absolute Gasteiger partial charge is 0.507 e. The van der Waals surface area contributed by atoms with Gasteiger partial charge >= 0.3 is 0 Å². The number of amides is 1. The van der Waals surface area contributed by atoms with Crippen molar-refractivity contribution in [2.45, 2.75) is 65.3 Å². The molecular formula is C30H35N3O2. The predicted octanol–water partition coefficient (Wildman–Crippen LogP) is 6.64. The number of phenolic OH excluding ortho intramolecular Hbond substituents is 1. The van der Waals surface area contributed by atoms with E-state index in [1.165, 1.54) is 10.8 Å². The Kier molecular flexibility index (Phi) is 6.46. The monoisotopic (exact) mass is 469 g/mol. The number of aromatic nitrogens is 1. The maximum atomic E-state index is 12.6. The Balaban J connectivity index is 1.51. The molecule has 4 aromatic rings. The van der Waals surface area contributed by atoms with E-state index < -0.39 is 0 Å². The van der Waals surface area contributed by atoms with Crippen molar-refractivity contribution in [3.8, 4) is 5.75 Å². The molecule has 0 radical (unpaired) electrons. The summed E-state index contributed by atoms with van der Waals surface area (Å²) in [4.78, 5) is 12.6. The first-order chi connectivity index (χ1) is 16.5. The summed E-state index contributed by atoms with van der Waals surface area (Å²) in [6, 6.07) is 20.4. The standard InChI is InChI=1S/C30H35N3O2/c1-29(2,3)23-17-20(18-24(28(23)35)30(4,5)6)19-31-32-27(34)15-16-33-25-13-9-7-11-21(25)22-12-8-10-14-26(22)33/h7-14,17-19,35H,15-16H2,1-6H3,(H,32,34)/b31-19+.